The van der Waals surface area contributed by atoms with Crippen LogP contribution < -0.4 is 5.32 Å². The number of furan rings is 1. The largest absolute Gasteiger partial charge is 0.478 e. The molecule has 0 bridgehead atoms. The van der Waals surface area contributed by atoms with Gasteiger partial charge in [0.15, 0.2) is 0 Å². The first-order chi connectivity index (χ1) is 9.81. The molecule has 0 aromatic carbocycles. The summed E-state index contributed by atoms with van der Waals surface area (Å²) in [4.78, 5) is 24.2. The maximum Gasteiger partial charge on any atom is 0.339 e. The molecule has 1 aromatic rings. The Morgan fingerprint density at radius 3 is 2.67 bits per heavy atom. The van der Waals surface area contributed by atoms with Gasteiger partial charge in [-0.25, -0.2) is 9.59 Å². The number of nitrogens with zero attached hydrogens (tertiary/aromatic N) is 1. The molecule has 0 aliphatic rings. The molecule has 0 aliphatic carbocycles. The van der Waals surface area contributed by atoms with E-state index in [1.54, 1.807) is 14.0 Å². The highest BCUT2D eigenvalue weighted by Crippen LogP contribution is 2.14. The van der Waals surface area contributed by atoms with Crippen molar-refractivity contribution in [3.8, 4) is 0 Å². The fourth-order valence-electron chi connectivity index (χ4n) is 1.67. The van der Waals surface area contributed by atoms with Crippen LogP contribution in [-0.4, -0.2) is 48.3 Å². The maximum absolute atomic E-state index is 11.8. The summed E-state index contributed by atoms with van der Waals surface area (Å²) in [5.41, 5.74) is 0.109. The van der Waals surface area contributed by atoms with Gasteiger partial charge < -0.3 is 24.5 Å². The third-order valence-corrected chi connectivity index (χ3v) is 2.84. The predicted molar refractivity (Wildman–Crippen MR) is 76.4 cm³/mol. The van der Waals surface area contributed by atoms with Gasteiger partial charge >= 0.3 is 12.0 Å². The lowest BCUT2D eigenvalue weighted by Gasteiger charge is -2.18. The van der Waals surface area contributed by atoms with Crippen molar-refractivity contribution in [2.75, 3.05) is 20.2 Å². The van der Waals surface area contributed by atoms with Gasteiger partial charge in [0.2, 0.25) is 0 Å². The molecule has 2 amide bonds. The molecule has 0 spiro atoms. The minimum absolute atomic E-state index is 0.109. The zero-order valence-electron chi connectivity index (χ0n) is 12.8. The van der Waals surface area contributed by atoms with Gasteiger partial charge in [-0.05, 0) is 26.8 Å². The Kier molecular flexibility index (Phi) is 6.23. The van der Waals surface area contributed by atoms with Gasteiger partial charge in [0.1, 0.15) is 17.1 Å². The number of rotatable bonds is 7. The number of urea groups is 1. The van der Waals surface area contributed by atoms with Crippen LogP contribution in [0.3, 0.4) is 0 Å². The minimum Gasteiger partial charge on any atom is -0.478 e. The quantitative estimate of drug-likeness (QED) is 0.801. The second-order valence-electron chi connectivity index (χ2n) is 4.99. The number of carboxylic acid groups (broad SMARTS) is 1. The van der Waals surface area contributed by atoms with Crippen molar-refractivity contribution < 1.29 is 23.8 Å². The lowest BCUT2D eigenvalue weighted by atomic mass is 10.2. The third-order valence-electron chi connectivity index (χ3n) is 2.84. The highest BCUT2D eigenvalue weighted by atomic mass is 16.5. The van der Waals surface area contributed by atoms with Crippen LogP contribution >= 0.6 is 0 Å². The zero-order chi connectivity index (χ0) is 16.0. The number of ether oxygens (including phenoxy) is 1. The number of likely N-dealkylation sites (N-methyl/N-ethyl adjacent to an activating group) is 1. The summed E-state index contributed by atoms with van der Waals surface area (Å²) in [7, 11) is 1.66. The highest BCUT2D eigenvalue weighted by molar-refractivity contribution is 5.88. The summed E-state index contributed by atoms with van der Waals surface area (Å²) in [6.45, 7) is 6.51. The summed E-state index contributed by atoms with van der Waals surface area (Å²) in [5, 5.41) is 11.6. The molecule has 0 radical (unpaired) electrons. The van der Waals surface area contributed by atoms with Crippen LogP contribution in [-0.2, 0) is 11.3 Å². The van der Waals surface area contributed by atoms with E-state index >= 15 is 0 Å². The van der Waals surface area contributed by atoms with E-state index in [4.69, 9.17) is 14.3 Å². The van der Waals surface area contributed by atoms with Crippen LogP contribution in [0.2, 0.25) is 0 Å². The average molecular weight is 298 g/mol. The number of carboxylic acids is 1. The van der Waals surface area contributed by atoms with Gasteiger partial charge in [0.25, 0.3) is 0 Å². The summed E-state index contributed by atoms with van der Waals surface area (Å²) >= 11 is 0. The molecule has 0 saturated heterocycles. The van der Waals surface area contributed by atoms with E-state index in [9.17, 15) is 9.59 Å². The zero-order valence-corrected chi connectivity index (χ0v) is 12.8. The van der Waals surface area contributed by atoms with Crippen LogP contribution in [0.1, 0.15) is 35.7 Å². The summed E-state index contributed by atoms with van der Waals surface area (Å²) < 4.78 is 10.6. The predicted octanol–water partition coefficient (Wildman–Crippen LogP) is 1.85. The van der Waals surface area contributed by atoms with Crippen LogP contribution in [0.15, 0.2) is 10.5 Å². The van der Waals surface area contributed by atoms with Crippen LogP contribution in [0.4, 0.5) is 4.79 Å². The third kappa shape index (κ3) is 5.47. The van der Waals surface area contributed by atoms with Gasteiger partial charge in [-0.1, -0.05) is 0 Å². The minimum atomic E-state index is -1.04. The van der Waals surface area contributed by atoms with Gasteiger partial charge in [0.05, 0.1) is 19.3 Å². The van der Waals surface area contributed by atoms with Crippen molar-refractivity contribution in [1.29, 1.82) is 0 Å². The molecule has 1 rings (SSSR count). The SMILES string of the molecule is Cc1oc(CNC(=O)N(C)CCOC(C)C)cc1C(=O)O. The molecule has 1 heterocycles. The lowest BCUT2D eigenvalue weighted by molar-refractivity contribution is 0.0680. The molecule has 2 N–H and O–H groups in total. The maximum atomic E-state index is 11.8. The van der Waals surface area contributed by atoms with Crippen molar-refractivity contribution >= 4 is 12.0 Å². The molecule has 0 fully saturated rings. The summed E-state index contributed by atoms with van der Waals surface area (Å²) in [6.07, 6.45) is 0.127. The normalized spacial score (nSPS) is 10.7. The van der Waals surface area contributed by atoms with E-state index in [1.165, 1.54) is 11.0 Å². The number of carbonyl (C=O) groups excluding carboxylic acids is 1. The number of carbonyl (C=O) groups is 2. The molecule has 7 nitrogen and oxygen atoms in total. The Hall–Kier alpha value is -2.02. The highest BCUT2D eigenvalue weighted by Gasteiger charge is 2.15. The molecule has 118 valence electrons. The average Bonchev–Trinajstić information content (AvgIpc) is 2.76. The second-order valence-corrected chi connectivity index (χ2v) is 4.99. The van der Waals surface area contributed by atoms with Crippen LogP contribution in [0.25, 0.3) is 0 Å². The molecular weight excluding hydrogens is 276 g/mol. The van der Waals surface area contributed by atoms with Crippen molar-refractivity contribution in [2.24, 2.45) is 0 Å². The number of nitrogens with one attached hydrogen (secondary N) is 1. The van der Waals surface area contributed by atoms with Crippen molar-refractivity contribution in [3.05, 3.63) is 23.2 Å². The van der Waals surface area contributed by atoms with E-state index in [0.717, 1.165) is 0 Å². The molecule has 21 heavy (non-hydrogen) atoms. The van der Waals surface area contributed by atoms with Gasteiger partial charge in [-0.2, -0.15) is 0 Å². The number of hydrogen-bond donors (Lipinski definition) is 2. The van der Waals surface area contributed by atoms with Crippen molar-refractivity contribution in [2.45, 2.75) is 33.4 Å². The number of aromatic carboxylic acids is 1. The first kappa shape index (κ1) is 17.0. The van der Waals surface area contributed by atoms with Crippen LogP contribution in [0.5, 0.6) is 0 Å². The number of aryl methyl sites for hydroxylation is 1. The summed E-state index contributed by atoms with van der Waals surface area (Å²) in [6, 6.07) is 1.15. The molecule has 0 atom stereocenters. The molecule has 1 aromatic heterocycles. The monoisotopic (exact) mass is 298 g/mol. The smallest absolute Gasteiger partial charge is 0.339 e. The Balaban J connectivity index is 2.42. The van der Waals surface area contributed by atoms with Crippen molar-refractivity contribution in [3.63, 3.8) is 0 Å². The van der Waals surface area contributed by atoms with Crippen LogP contribution in [0, 0.1) is 6.92 Å². The van der Waals surface area contributed by atoms with Gasteiger partial charge in [-0.15, -0.1) is 0 Å². The van der Waals surface area contributed by atoms with E-state index in [1.807, 2.05) is 13.8 Å². The van der Waals surface area contributed by atoms with Crippen molar-refractivity contribution in [1.82, 2.24) is 10.2 Å². The Morgan fingerprint density at radius 1 is 1.48 bits per heavy atom. The fraction of sp³-hybridized carbons (Fsp3) is 0.571. The molecular formula is C14H22N2O5. The van der Waals surface area contributed by atoms with Gasteiger partial charge in [0, 0.05) is 13.6 Å². The summed E-state index contributed by atoms with van der Waals surface area (Å²) in [5.74, 6) is -0.313. The Bertz CT molecular complexity index is 496. The van der Waals surface area contributed by atoms with E-state index in [0.29, 0.717) is 24.7 Å². The second kappa shape index (κ2) is 7.68. The van der Waals surface area contributed by atoms with E-state index in [-0.39, 0.29) is 24.2 Å². The first-order valence-corrected chi connectivity index (χ1v) is 6.74. The molecule has 0 saturated carbocycles. The van der Waals surface area contributed by atoms with Gasteiger partial charge in [-0.3, -0.25) is 0 Å². The lowest BCUT2D eigenvalue weighted by Crippen LogP contribution is -2.38. The number of amides is 2. The van der Waals surface area contributed by atoms with E-state index in [2.05, 4.69) is 5.32 Å². The number of hydrogen-bond acceptors (Lipinski definition) is 4. The molecule has 7 heteroatoms. The first-order valence-electron chi connectivity index (χ1n) is 6.74. The Morgan fingerprint density at radius 2 is 2.14 bits per heavy atom. The fourth-order valence-corrected chi connectivity index (χ4v) is 1.67. The molecule has 0 unspecified atom stereocenters. The topological polar surface area (TPSA) is 92.0 Å². The standard InChI is InChI=1S/C14H22N2O5/c1-9(2)20-6-5-16(4)14(19)15-8-11-7-12(13(17)18)10(3)21-11/h7,9H,5-6,8H2,1-4H3,(H,15,19)(H,17,18). The van der Waals surface area contributed by atoms with E-state index < -0.39 is 5.97 Å². The Labute approximate surface area is 123 Å². The molecule has 0 aliphatic heterocycles.